The summed E-state index contributed by atoms with van der Waals surface area (Å²) in [5.74, 6) is 0.315. The second-order valence-electron chi connectivity index (χ2n) is 3.51. The summed E-state index contributed by atoms with van der Waals surface area (Å²) in [6, 6.07) is 0. The number of aromatic nitrogens is 2. The molecule has 1 aromatic rings. The summed E-state index contributed by atoms with van der Waals surface area (Å²) in [6.45, 7) is 1.84. The summed E-state index contributed by atoms with van der Waals surface area (Å²) in [5.41, 5.74) is 2.55. The van der Waals surface area contributed by atoms with Crippen molar-refractivity contribution in [2.75, 3.05) is 0 Å². The molecule has 0 fully saturated rings. The number of nitrogens with one attached hydrogen (secondary N) is 2. The number of amides is 2. The molecule has 0 saturated heterocycles. The molecule has 1 aromatic heterocycles. The first-order valence-corrected chi connectivity index (χ1v) is 5.08. The third kappa shape index (κ3) is 2.86. The molecule has 8 nitrogen and oxygen atoms in total. The summed E-state index contributed by atoms with van der Waals surface area (Å²) in [5, 5.41) is 9.89. The molecule has 8 heteroatoms. The van der Waals surface area contributed by atoms with Crippen LogP contribution in [0.4, 0.5) is 0 Å². The molecule has 0 saturated carbocycles. The van der Waals surface area contributed by atoms with Crippen LogP contribution in [0.2, 0.25) is 0 Å². The van der Waals surface area contributed by atoms with Crippen LogP contribution in [-0.2, 0) is 16.1 Å². The van der Waals surface area contributed by atoms with Gasteiger partial charge in [0.1, 0.15) is 5.71 Å². The van der Waals surface area contributed by atoms with E-state index in [0.29, 0.717) is 23.8 Å². The number of aryl methyl sites for hydroxylation is 1. The lowest BCUT2D eigenvalue weighted by Crippen LogP contribution is -2.36. The maximum Gasteiger partial charge on any atom is 0.267 e. The highest BCUT2D eigenvalue weighted by Crippen LogP contribution is 2.00. The number of nitrogens with zero attached hydrogens (tertiary/aromatic N) is 3. The first kappa shape index (κ1) is 11.2. The Morgan fingerprint density at radius 1 is 1.53 bits per heavy atom. The normalized spacial score (nSPS) is 15.1. The van der Waals surface area contributed by atoms with E-state index in [9.17, 15) is 9.59 Å². The van der Waals surface area contributed by atoms with Gasteiger partial charge in [-0.25, -0.2) is 5.43 Å². The van der Waals surface area contributed by atoms with Crippen molar-refractivity contribution < 1.29 is 14.1 Å². The Balaban J connectivity index is 1.87. The quantitative estimate of drug-likeness (QED) is 0.719. The second kappa shape index (κ2) is 4.73. The molecule has 2 N–H and O–H groups in total. The lowest BCUT2D eigenvalue weighted by molar-refractivity contribution is -0.121. The Kier molecular flexibility index (Phi) is 3.12. The predicted molar refractivity (Wildman–Crippen MR) is 55.7 cm³/mol. The van der Waals surface area contributed by atoms with Gasteiger partial charge >= 0.3 is 0 Å². The number of carbonyl (C=O) groups excluding carboxylic acids is 2. The third-order valence-corrected chi connectivity index (χ3v) is 2.14. The zero-order valence-corrected chi connectivity index (χ0v) is 9.19. The first-order valence-electron chi connectivity index (χ1n) is 5.08. The standard InChI is InChI=1S/C9H11N5O3/c1-5-11-7(14-17-5)4-10-9(16)6-2-3-8(15)13-12-6/h2-4H2,1H3,(H,10,16)(H,13,15). The van der Waals surface area contributed by atoms with Crippen molar-refractivity contribution in [3.05, 3.63) is 11.7 Å². The van der Waals surface area contributed by atoms with E-state index in [-0.39, 0.29) is 24.8 Å². The summed E-state index contributed by atoms with van der Waals surface area (Å²) < 4.78 is 4.76. The van der Waals surface area contributed by atoms with E-state index in [1.54, 1.807) is 6.92 Å². The van der Waals surface area contributed by atoms with Gasteiger partial charge in [0.25, 0.3) is 5.91 Å². The minimum Gasteiger partial charge on any atom is -0.343 e. The molecular weight excluding hydrogens is 226 g/mol. The Bertz CT molecular complexity index is 479. The van der Waals surface area contributed by atoms with Gasteiger partial charge in [-0.3, -0.25) is 9.59 Å². The average molecular weight is 237 g/mol. The summed E-state index contributed by atoms with van der Waals surface area (Å²) >= 11 is 0. The highest BCUT2D eigenvalue weighted by atomic mass is 16.5. The van der Waals surface area contributed by atoms with Gasteiger partial charge in [-0.1, -0.05) is 5.16 Å². The monoisotopic (exact) mass is 237 g/mol. The van der Waals surface area contributed by atoms with Gasteiger partial charge in [-0.05, 0) is 0 Å². The molecule has 17 heavy (non-hydrogen) atoms. The molecule has 90 valence electrons. The Labute approximate surface area is 96.5 Å². The number of hydrogen-bond acceptors (Lipinski definition) is 6. The van der Waals surface area contributed by atoms with Crippen molar-refractivity contribution in [2.24, 2.45) is 5.10 Å². The van der Waals surface area contributed by atoms with E-state index in [4.69, 9.17) is 4.52 Å². The number of carbonyl (C=O) groups is 2. The fourth-order valence-electron chi connectivity index (χ4n) is 1.31. The molecule has 0 unspecified atom stereocenters. The average Bonchev–Trinajstić information content (AvgIpc) is 2.73. The molecule has 2 rings (SSSR count). The minimum atomic E-state index is -0.340. The largest absolute Gasteiger partial charge is 0.343 e. The van der Waals surface area contributed by atoms with Crippen molar-refractivity contribution >= 4 is 17.5 Å². The fraction of sp³-hybridized carbons (Fsp3) is 0.444. The highest BCUT2D eigenvalue weighted by molar-refractivity contribution is 6.39. The molecule has 0 aliphatic carbocycles. The van der Waals surface area contributed by atoms with Gasteiger partial charge in [0.05, 0.1) is 6.54 Å². The van der Waals surface area contributed by atoms with Crippen LogP contribution in [-0.4, -0.2) is 27.7 Å². The van der Waals surface area contributed by atoms with Crippen LogP contribution in [0, 0.1) is 6.92 Å². The van der Waals surface area contributed by atoms with Gasteiger partial charge in [-0.15, -0.1) is 0 Å². The van der Waals surface area contributed by atoms with Crippen LogP contribution in [0.25, 0.3) is 0 Å². The third-order valence-electron chi connectivity index (χ3n) is 2.14. The SMILES string of the molecule is Cc1nc(CNC(=O)C2=NNC(=O)CC2)no1. The maximum atomic E-state index is 11.6. The topological polar surface area (TPSA) is 109 Å². The molecule has 0 atom stereocenters. The number of rotatable bonds is 3. The summed E-state index contributed by atoms with van der Waals surface area (Å²) in [4.78, 5) is 26.4. The van der Waals surface area contributed by atoms with E-state index < -0.39 is 0 Å². The van der Waals surface area contributed by atoms with E-state index in [1.807, 2.05) is 0 Å². The highest BCUT2D eigenvalue weighted by Gasteiger charge is 2.18. The van der Waals surface area contributed by atoms with Crippen LogP contribution >= 0.6 is 0 Å². The second-order valence-corrected chi connectivity index (χ2v) is 3.51. The number of hydrogen-bond donors (Lipinski definition) is 2. The molecular formula is C9H11N5O3. The van der Waals surface area contributed by atoms with Crippen molar-refractivity contribution in [3.8, 4) is 0 Å². The molecule has 1 aliphatic heterocycles. The molecule has 0 bridgehead atoms. The van der Waals surface area contributed by atoms with Gasteiger partial charge in [0.2, 0.25) is 11.8 Å². The maximum absolute atomic E-state index is 11.6. The van der Waals surface area contributed by atoms with E-state index in [0.717, 1.165) is 0 Å². The Morgan fingerprint density at radius 3 is 2.94 bits per heavy atom. The van der Waals surface area contributed by atoms with Crippen molar-refractivity contribution in [1.29, 1.82) is 0 Å². The van der Waals surface area contributed by atoms with E-state index in [2.05, 4.69) is 26.0 Å². The molecule has 2 heterocycles. The summed E-state index contributed by atoms with van der Waals surface area (Å²) in [6.07, 6.45) is 0.608. The van der Waals surface area contributed by atoms with Crippen LogP contribution in [0.1, 0.15) is 24.6 Å². The molecule has 1 aliphatic rings. The van der Waals surface area contributed by atoms with Gasteiger partial charge in [-0.2, -0.15) is 10.1 Å². The van der Waals surface area contributed by atoms with Crippen molar-refractivity contribution in [1.82, 2.24) is 20.9 Å². The van der Waals surface area contributed by atoms with E-state index in [1.165, 1.54) is 0 Å². The lowest BCUT2D eigenvalue weighted by Gasteiger charge is -2.10. The van der Waals surface area contributed by atoms with Gasteiger partial charge in [0, 0.05) is 19.8 Å². The minimum absolute atomic E-state index is 0.170. The van der Waals surface area contributed by atoms with Crippen molar-refractivity contribution in [2.45, 2.75) is 26.3 Å². The van der Waals surface area contributed by atoms with E-state index >= 15 is 0 Å². The Morgan fingerprint density at radius 2 is 2.35 bits per heavy atom. The zero-order valence-electron chi connectivity index (χ0n) is 9.19. The molecule has 0 aromatic carbocycles. The lowest BCUT2D eigenvalue weighted by atomic mass is 10.1. The predicted octanol–water partition coefficient (Wildman–Crippen LogP) is -0.740. The smallest absolute Gasteiger partial charge is 0.267 e. The first-order chi connectivity index (χ1) is 8.15. The van der Waals surface area contributed by atoms with Gasteiger partial charge < -0.3 is 9.84 Å². The summed E-state index contributed by atoms with van der Waals surface area (Å²) in [7, 11) is 0. The van der Waals surface area contributed by atoms with Crippen LogP contribution in [0.5, 0.6) is 0 Å². The molecule has 0 spiro atoms. The Hall–Kier alpha value is -2.25. The fourth-order valence-corrected chi connectivity index (χ4v) is 1.31. The van der Waals surface area contributed by atoms with Crippen LogP contribution < -0.4 is 10.7 Å². The molecule has 2 amide bonds. The van der Waals surface area contributed by atoms with Crippen LogP contribution in [0.15, 0.2) is 9.62 Å². The molecule has 0 radical (unpaired) electrons. The van der Waals surface area contributed by atoms with Crippen molar-refractivity contribution in [3.63, 3.8) is 0 Å². The van der Waals surface area contributed by atoms with Crippen LogP contribution in [0.3, 0.4) is 0 Å². The zero-order chi connectivity index (χ0) is 12.3. The van der Waals surface area contributed by atoms with Gasteiger partial charge in [0.15, 0.2) is 5.82 Å². The number of hydrazone groups is 1.